The number of halogens is 2. The maximum atomic E-state index is 11.9. The molecule has 7 heteroatoms. The van der Waals surface area contributed by atoms with Crippen LogP contribution in [0.15, 0.2) is 36.5 Å². The zero-order chi connectivity index (χ0) is 15.7. The van der Waals surface area contributed by atoms with Gasteiger partial charge in [-0.2, -0.15) is 0 Å². The molecule has 3 N–H and O–H groups in total. The molecular formula is C17H21Cl2N3O2. The Morgan fingerprint density at radius 2 is 1.92 bits per heavy atom. The maximum absolute atomic E-state index is 11.9. The fourth-order valence-electron chi connectivity index (χ4n) is 2.08. The van der Waals surface area contributed by atoms with Gasteiger partial charge >= 0.3 is 0 Å². The number of carbonyl (C=O) groups excluding carboxylic acids is 1. The highest BCUT2D eigenvalue weighted by atomic mass is 35.5. The van der Waals surface area contributed by atoms with E-state index in [0.717, 1.165) is 24.2 Å². The molecule has 1 heterocycles. The Morgan fingerprint density at radius 3 is 2.50 bits per heavy atom. The Labute approximate surface area is 153 Å². The lowest BCUT2D eigenvalue weighted by Crippen LogP contribution is -2.37. The first kappa shape index (κ1) is 20.2. The second-order valence-corrected chi connectivity index (χ2v) is 5.80. The number of nitrogens with two attached hydrogens (primary N) is 1. The van der Waals surface area contributed by atoms with Crippen LogP contribution >= 0.6 is 24.8 Å². The lowest BCUT2D eigenvalue weighted by Gasteiger charge is -2.11. The van der Waals surface area contributed by atoms with Crippen LogP contribution in [0.25, 0.3) is 0 Å². The van der Waals surface area contributed by atoms with Crippen molar-refractivity contribution in [1.29, 1.82) is 0 Å². The third-order valence-corrected chi connectivity index (χ3v) is 4.00. The van der Waals surface area contributed by atoms with Gasteiger partial charge in [-0.1, -0.05) is 12.1 Å². The molecule has 5 nitrogen and oxygen atoms in total. The van der Waals surface area contributed by atoms with Gasteiger partial charge in [0.1, 0.15) is 5.75 Å². The van der Waals surface area contributed by atoms with Gasteiger partial charge in [0, 0.05) is 6.07 Å². The number of nitrogens with zero attached hydrogens (tertiary/aromatic N) is 1. The molecule has 1 aliphatic carbocycles. The van der Waals surface area contributed by atoms with E-state index in [-0.39, 0.29) is 30.7 Å². The van der Waals surface area contributed by atoms with E-state index in [4.69, 9.17) is 10.5 Å². The molecule has 24 heavy (non-hydrogen) atoms. The molecular weight excluding hydrogens is 349 g/mol. The van der Waals surface area contributed by atoms with Crippen molar-refractivity contribution >= 4 is 36.4 Å². The van der Waals surface area contributed by atoms with Crippen molar-refractivity contribution in [2.24, 2.45) is 5.73 Å². The Kier molecular flexibility index (Phi) is 6.60. The SMILES string of the molecule is Cc1cccc(Oc2ccc(NC(=O)C3(N)CC3)cn2)c1C.Cl.Cl. The number of aromatic nitrogens is 1. The monoisotopic (exact) mass is 369 g/mol. The van der Waals surface area contributed by atoms with Crippen molar-refractivity contribution in [3.05, 3.63) is 47.7 Å². The second kappa shape index (κ2) is 7.83. The minimum atomic E-state index is -0.687. The van der Waals surface area contributed by atoms with Gasteiger partial charge in [-0.15, -0.1) is 24.8 Å². The molecule has 0 unspecified atom stereocenters. The summed E-state index contributed by atoms with van der Waals surface area (Å²) >= 11 is 0. The zero-order valence-corrected chi connectivity index (χ0v) is 15.2. The number of pyridine rings is 1. The quantitative estimate of drug-likeness (QED) is 0.859. The number of amides is 1. The molecule has 1 amide bonds. The van der Waals surface area contributed by atoms with Crippen LogP contribution in [-0.4, -0.2) is 16.4 Å². The maximum Gasteiger partial charge on any atom is 0.244 e. The van der Waals surface area contributed by atoms with Crippen LogP contribution in [0.5, 0.6) is 11.6 Å². The summed E-state index contributed by atoms with van der Waals surface area (Å²) in [5.41, 5.74) is 8.03. The third-order valence-electron chi connectivity index (χ3n) is 4.00. The fraction of sp³-hybridized carbons (Fsp3) is 0.294. The largest absolute Gasteiger partial charge is 0.439 e. The van der Waals surface area contributed by atoms with Gasteiger partial charge in [-0.3, -0.25) is 4.79 Å². The Balaban J connectivity index is 0.00000144. The number of nitrogens with one attached hydrogen (secondary N) is 1. The molecule has 0 aliphatic heterocycles. The minimum absolute atomic E-state index is 0. The first-order valence-electron chi connectivity index (χ1n) is 7.28. The van der Waals surface area contributed by atoms with Crippen LogP contribution in [-0.2, 0) is 4.79 Å². The number of ether oxygens (including phenoxy) is 1. The summed E-state index contributed by atoms with van der Waals surface area (Å²) in [6.07, 6.45) is 3.05. The third kappa shape index (κ3) is 4.38. The molecule has 1 saturated carbocycles. The number of rotatable bonds is 4. The molecule has 2 aromatic rings. The van der Waals surface area contributed by atoms with E-state index in [0.29, 0.717) is 11.6 Å². The highest BCUT2D eigenvalue weighted by molar-refractivity contribution is 5.99. The van der Waals surface area contributed by atoms with Crippen LogP contribution in [0.1, 0.15) is 24.0 Å². The highest BCUT2D eigenvalue weighted by Crippen LogP contribution is 2.33. The van der Waals surface area contributed by atoms with Gasteiger partial charge in [0.25, 0.3) is 0 Å². The molecule has 0 atom stereocenters. The Bertz CT molecular complexity index is 716. The van der Waals surface area contributed by atoms with Crippen molar-refractivity contribution in [3.8, 4) is 11.6 Å². The summed E-state index contributed by atoms with van der Waals surface area (Å²) in [6.45, 7) is 4.05. The van der Waals surface area contributed by atoms with Crippen molar-refractivity contribution in [3.63, 3.8) is 0 Å². The van der Waals surface area contributed by atoms with Crippen molar-refractivity contribution in [2.45, 2.75) is 32.2 Å². The van der Waals surface area contributed by atoms with Gasteiger partial charge < -0.3 is 15.8 Å². The van der Waals surface area contributed by atoms with Crippen LogP contribution in [0.4, 0.5) is 5.69 Å². The molecule has 1 aliphatic rings. The van der Waals surface area contributed by atoms with Gasteiger partial charge in [0.2, 0.25) is 11.8 Å². The number of hydrogen-bond acceptors (Lipinski definition) is 4. The van der Waals surface area contributed by atoms with E-state index in [9.17, 15) is 4.79 Å². The summed E-state index contributed by atoms with van der Waals surface area (Å²) in [5.74, 6) is 1.11. The molecule has 1 aromatic carbocycles. The molecule has 1 fully saturated rings. The Morgan fingerprint density at radius 1 is 1.21 bits per heavy atom. The molecule has 0 saturated heterocycles. The lowest BCUT2D eigenvalue weighted by atomic mass is 10.1. The van der Waals surface area contributed by atoms with E-state index < -0.39 is 5.54 Å². The number of carbonyl (C=O) groups is 1. The first-order chi connectivity index (χ1) is 10.5. The minimum Gasteiger partial charge on any atom is -0.439 e. The van der Waals surface area contributed by atoms with Crippen LogP contribution in [0.3, 0.4) is 0 Å². The number of aryl methyl sites for hydroxylation is 1. The highest BCUT2D eigenvalue weighted by Gasteiger charge is 2.45. The summed E-state index contributed by atoms with van der Waals surface area (Å²) in [6, 6.07) is 9.38. The van der Waals surface area contributed by atoms with Gasteiger partial charge in [-0.05, 0) is 49.9 Å². The van der Waals surface area contributed by atoms with E-state index in [2.05, 4.69) is 10.3 Å². The topological polar surface area (TPSA) is 77.2 Å². The van der Waals surface area contributed by atoms with Crippen LogP contribution < -0.4 is 15.8 Å². The number of hydrogen-bond donors (Lipinski definition) is 2. The van der Waals surface area contributed by atoms with Gasteiger partial charge in [-0.25, -0.2) is 4.98 Å². The smallest absolute Gasteiger partial charge is 0.244 e. The molecule has 1 aromatic heterocycles. The summed E-state index contributed by atoms with van der Waals surface area (Å²) in [4.78, 5) is 16.1. The molecule has 130 valence electrons. The first-order valence-corrected chi connectivity index (χ1v) is 7.28. The van der Waals surface area contributed by atoms with Gasteiger partial charge in [0.05, 0.1) is 17.4 Å². The summed E-state index contributed by atoms with van der Waals surface area (Å²) < 4.78 is 5.78. The zero-order valence-electron chi connectivity index (χ0n) is 13.5. The lowest BCUT2D eigenvalue weighted by molar-refractivity contribution is -0.118. The van der Waals surface area contributed by atoms with Gasteiger partial charge in [0.15, 0.2) is 0 Å². The fourth-order valence-corrected chi connectivity index (χ4v) is 2.08. The van der Waals surface area contributed by atoms with Crippen LogP contribution in [0.2, 0.25) is 0 Å². The summed E-state index contributed by atoms with van der Waals surface area (Å²) in [5, 5.41) is 2.77. The van der Waals surface area contributed by atoms with E-state index in [1.807, 2.05) is 32.0 Å². The second-order valence-electron chi connectivity index (χ2n) is 5.80. The number of anilines is 1. The van der Waals surface area contributed by atoms with Crippen LogP contribution in [0, 0.1) is 13.8 Å². The molecule has 0 radical (unpaired) electrons. The van der Waals surface area contributed by atoms with Crippen molar-refractivity contribution in [1.82, 2.24) is 4.98 Å². The molecule has 3 rings (SSSR count). The number of benzene rings is 1. The molecule has 0 spiro atoms. The standard InChI is InChI=1S/C17H19N3O2.2ClH/c1-11-4-3-5-14(12(11)2)22-15-7-6-13(10-19-15)20-16(21)17(18)8-9-17;;/h3-7,10H,8-9,18H2,1-2H3,(H,20,21);2*1H. The van der Waals surface area contributed by atoms with Crippen molar-refractivity contribution in [2.75, 3.05) is 5.32 Å². The summed E-state index contributed by atoms with van der Waals surface area (Å²) in [7, 11) is 0. The van der Waals surface area contributed by atoms with E-state index in [1.165, 1.54) is 5.56 Å². The average molecular weight is 370 g/mol. The van der Waals surface area contributed by atoms with Crippen molar-refractivity contribution < 1.29 is 9.53 Å². The molecule has 0 bridgehead atoms. The van der Waals surface area contributed by atoms with E-state index in [1.54, 1.807) is 18.3 Å². The average Bonchev–Trinajstić information content (AvgIpc) is 3.25. The normalized spacial score (nSPS) is 14.0. The Hall–Kier alpha value is -1.82. The predicted octanol–water partition coefficient (Wildman–Crippen LogP) is 3.76. The van der Waals surface area contributed by atoms with E-state index >= 15 is 0 Å². The predicted molar refractivity (Wildman–Crippen MR) is 99.5 cm³/mol.